The van der Waals surface area contributed by atoms with Crippen LogP contribution in [0.3, 0.4) is 0 Å². The van der Waals surface area contributed by atoms with Crippen molar-refractivity contribution in [2.45, 2.75) is 58.0 Å². The van der Waals surface area contributed by atoms with E-state index in [9.17, 15) is 5.11 Å². The number of allylic oxidation sites excluding steroid dienone is 4. The van der Waals surface area contributed by atoms with Crippen molar-refractivity contribution < 1.29 is 19.3 Å². The molecule has 4 nitrogen and oxygen atoms in total. The van der Waals surface area contributed by atoms with Gasteiger partial charge in [0.15, 0.2) is 0 Å². The molecule has 2 aliphatic heterocycles. The Morgan fingerprint density at radius 1 is 1.25 bits per heavy atom. The Labute approximate surface area is 167 Å². The highest BCUT2D eigenvalue weighted by Crippen LogP contribution is 2.43. The minimum atomic E-state index is -0.145. The van der Waals surface area contributed by atoms with Crippen molar-refractivity contribution in [2.75, 3.05) is 13.2 Å². The fraction of sp³-hybridized carbons (Fsp3) is 0.500. The van der Waals surface area contributed by atoms with Crippen molar-refractivity contribution in [1.29, 1.82) is 0 Å². The first-order chi connectivity index (χ1) is 13.4. The number of hydrogen-bond acceptors (Lipinski definition) is 4. The highest BCUT2D eigenvalue weighted by Gasteiger charge is 2.33. The summed E-state index contributed by atoms with van der Waals surface area (Å²) in [6.45, 7) is 7.59. The maximum absolute atomic E-state index is 10.5. The second-order valence-electron chi connectivity index (χ2n) is 8.58. The van der Waals surface area contributed by atoms with Crippen molar-refractivity contribution in [3.8, 4) is 11.5 Å². The molecule has 150 valence electrons. The zero-order valence-corrected chi connectivity index (χ0v) is 17.0. The van der Waals surface area contributed by atoms with E-state index in [1.807, 2.05) is 12.1 Å². The van der Waals surface area contributed by atoms with Gasteiger partial charge in [-0.05, 0) is 63.3 Å². The van der Waals surface area contributed by atoms with E-state index in [0.717, 1.165) is 42.8 Å². The standard InChI is InChI=1S/C24H30O4/c1-4-11-26-19-7-8-21(22(25)14-19)18-12-16-5-6-20-13-17(23(16)27-15-18)9-10-24(2,3)28-20/h5-8,13-14,17-18,25H,4,9-12,15H2,1-3H3. The Bertz CT molecular complexity index is 831. The Morgan fingerprint density at radius 2 is 2.11 bits per heavy atom. The first-order valence-electron chi connectivity index (χ1n) is 10.4. The molecular weight excluding hydrogens is 352 g/mol. The van der Waals surface area contributed by atoms with Crippen molar-refractivity contribution in [3.05, 3.63) is 59.1 Å². The summed E-state index contributed by atoms with van der Waals surface area (Å²) in [4.78, 5) is 0. The minimum Gasteiger partial charge on any atom is -0.508 e. The lowest BCUT2D eigenvalue weighted by atomic mass is 9.85. The molecule has 0 saturated carbocycles. The smallest absolute Gasteiger partial charge is 0.122 e. The van der Waals surface area contributed by atoms with Gasteiger partial charge in [-0.1, -0.05) is 19.1 Å². The second kappa shape index (κ2) is 7.57. The van der Waals surface area contributed by atoms with Crippen molar-refractivity contribution in [3.63, 3.8) is 0 Å². The molecule has 1 N–H and O–H groups in total. The lowest BCUT2D eigenvalue weighted by Gasteiger charge is -2.31. The van der Waals surface area contributed by atoms with E-state index < -0.39 is 0 Å². The fourth-order valence-corrected chi connectivity index (χ4v) is 4.25. The molecule has 1 aromatic rings. The number of hydrogen-bond donors (Lipinski definition) is 1. The van der Waals surface area contributed by atoms with Gasteiger partial charge in [0, 0.05) is 23.5 Å². The molecule has 0 aromatic heterocycles. The monoisotopic (exact) mass is 382 g/mol. The largest absolute Gasteiger partial charge is 0.508 e. The highest BCUT2D eigenvalue weighted by atomic mass is 16.5. The molecule has 0 spiro atoms. The predicted molar refractivity (Wildman–Crippen MR) is 109 cm³/mol. The number of aromatic hydroxyl groups is 1. The van der Waals surface area contributed by atoms with E-state index in [1.54, 1.807) is 6.07 Å². The van der Waals surface area contributed by atoms with Crippen LogP contribution in [0.15, 0.2) is 53.5 Å². The zero-order valence-electron chi connectivity index (χ0n) is 17.0. The number of benzene rings is 1. The number of phenolic OH excluding ortho intramolecular Hbond substituents is 1. The van der Waals surface area contributed by atoms with E-state index in [0.29, 0.717) is 19.0 Å². The fourth-order valence-electron chi connectivity index (χ4n) is 4.25. The Morgan fingerprint density at radius 3 is 2.89 bits per heavy atom. The summed E-state index contributed by atoms with van der Waals surface area (Å²) < 4.78 is 18.1. The number of fused-ring (bicyclic) bond motifs is 2. The maximum atomic E-state index is 10.5. The summed E-state index contributed by atoms with van der Waals surface area (Å²) in [5, 5.41) is 10.5. The van der Waals surface area contributed by atoms with Gasteiger partial charge < -0.3 is 19.3 Å². The molecule has 28 heavy (non-hydrogen) atoms. The number of rotatable bonds is 4. The van der Waals surface area contributed by atoms with Crippen molar-refractivity contribution in [2.24, 2.45) is 5.92 Å². The van der Waals surface area contributed by atoms with Crippen LogP contribution in [0.25, 0.3) is 0 Å². The van der Waals surface area contributed by atoms with Crippen LogP contribution in [0.1, 0.15) is 57.9 Å². The highest BCUT2D eigenvalue weighted by molar-refractivity contribution is 5.45. The van der Waals surface area contributed by atoms with Gasteiger partial charge in [-0.15, -0.1) is 0 Å². The molecule has 1 aliphatic carbocycles. The summed E-state index contributed by atoms with van der Waals surface area (Å²) in [7, 11) is 0. The number of phenols is 1. The third-order valence-electron chi connectivity index (χ3n) is 5.74. The van der Waals surface area contributed by atoms with Crippen LogP contribution in [-0.4, -0.2) is 23.9 Å². The molecule has 2 unspecified atom stereocenters. The van der Waals surface area contributed by atoms with Gasteiger partial charge in [-0.2, -0.15) is 0 Å². The summed E-state index contributed by atoms with van der Waals surface area (Å²) in [5.74, 6) is 3.40. The molecule has 0 saturated heterocycles. The summed E-state index contributed by atoms with van der Waals surface area (Å²) in [5.41, 5.74) is 1.98. The van der Waals surface area contributed by atoms with E-state index >= 15 is 0 Å². The normalized spacial score (nSPS) is 25.6. The average Bonchev–Trinajstić information content (AvgIpc) is 2.93. The predicted octanol–water partition coefficient (Wildman–Crippen LogP) is 5.60. The quantitative estimate of drug-likeness (QED) is 0.736. The summed E-state index contributed by atoms with van der Waals surface area (Å²) in [6.07, 6.45) is 10.2. The van der Waals surface area contributed by atoms with Gasteiger partial charge >= 0.3 is 0 Å². The van der Waals surface area contributed by atoms with Crippen molar-refractivity contribution in [1.82, 2.24) is 0 Å². The molecule has 4 rings (SSSR count). The van der Waals surface area contributed by atoms with Gasteiger partial charge in [0.2, 0.25) is 0 Å². The Balaban J connectivity index is 1.54. The van der Waals surface area contributed by atoms with Gasteiger partial charge in [-0.3, -0.25) is 0 Å². The lowest BCUT2D eigenvalue weighted by molar-refractivity contribution is 0.0362. The van der Waals surface area contributed by atoms with Crippen LogP contribution in [0.4, 0.5) is 0 Å². The summed E-state index contributed by atoms with van der Waals surface area (Å²) in [6, 6.07) is 5.62. The maximum Gasteiger partial charge on any atom is 0.122 e. The number of ether oxygens (including phenoxy) is 3. The zero-order chi connectivity index (χ0) is 19.7. The average molecular weight is 383 g/mol. The van der Waals surface area contributed by atoms with E-state index in [2.05, 4.69) is 39.0 Å². The van der Waals surface area contributed by atoms with Crippen LogP contribution in [0.2, 0.25) is 0 Å². The molecule has 2 bridgehead atoms. The van der Waals surface area contributed by atoms with Gasteiger partial charge in [0.05, 0.1) is 13.2 Å². The molecule has 4 heteroatoms. The van der Waals surface area contributed by atoms with E-state index in [-0.39, 0.29) is 23.2 Å². The topological polar surface area (TPSA) is 47.9 Å². The first kappa shape index (κ1) is 19.0. The van der Waals surface area contributed by atoms with Gasteiger partial charge in [0.25, 0.3) is 0 Å². The summed E-state index contributed by atoms with van der Waals surface area (Å²) >= 11 is 0. The first-order valence-corrected chi connectivity index (χ1v) is 10.4. The molecule has 2 atom stereocenters. The van der Waals surface area contributed by atoms with Gasteiger partial charge in [0.1, 0.15) is 28.6 Å². The Kier molecular flexibility index (Phi) is 5.13. The van der Waals surface area contributed by atoms with Gasteiger partial charge in [-0.25, -0.2) is 0 Å². The molecule has 0 fully saturated rings. The lowest BCUT2D eigenvalue weighted by Crippen LogP contribution is -2.24. The third-order valence-corrected chi connectivity index (χ3v) is 5.74. The molecule has 2 heterocycles. The molecule has 1 aromatic carbocycles. The van der Waals surface area contributed by atoms with Crippen molar-refractivity contribution >= 4 is 0 Å². The molecular formula is C24H30O4. The van der Waals surface area contributed by atoms with E-state index in [4.69, 9.17) is 14.2 Å². The minimum absolute atomic E-state index is 0.131. The van der Waals surface area contributed by atoms with Crippen LogP contribution in [0, 0.1) is 5.92 Å². The van der Waals surface area contributed by atoms with E-state index in [1.165, 1.54) is 5.57 Å². The third kappa shape index (κ3) is 3.91. The molecule has 3 aliphatic rings. The molecule has 0 radical (unpaired) electrons. The second-order valence-corrected chi connectivity index (χ2v) is 8.58. The van der Waals surface area contributed by atoms with Crippen LogP contribution < -0.4 is 4.74 Å². The Hall–Kier alpha value is -2.36. The van der Waals surface area contributed by atoms with Crippen LogP contribution >= 0.6 is 0 Å². The molecule has 0 amide bonds. The SMILES string of the molecule is CCCOc1ccc(C2COC3=C(C=CC4=CC3CCC(C)(C)O4)C2)c(O)c1. The van der Waals surface area contributed by atoms with Crippen LogP contribution in [-0.2, 0) is 9.47 Å². The van der Waals surface area contributed by atoms with Crippen LogP contribution in [0.5, 0.6) is 11.5 Å².